The van der Waals surface area contributed by atoms with Crippen LogP contribution in [-0.4, -0.2) is 47.4 Å². The van der Waals surface area contributed by atoms with E-state index in [0.29, 0.717) is 18.6 Å². The van der Waals surface area contributed by atoms with Crippen LogP contribution in [0.1, 0.15) is 31.2 Å². The molecule has 0 bridgehead atoms. The fourth-order valence-corrected chi connectivity index (χ4v) is 5.44. The molecule has 0 unspecified atom stereocenters. The van der Waals surface area contributed by atoms with E-state index in [9.17, 15) is 27.2 Å². The Morgan fingerprint density at radius 2 is 2.00 bits per heavy atom. The minimum absolute atomic E-state index is 0.215. The van der Waals surface area contributed by atoms with Crippen molar-refractivity contribution in [2.45, 2.75) is 43.4 Å². The van der Waals surface area contributed by atoms with Gasteiger partial charge in [-0.05, 0) is 56.0 Å². The highest BCUT2D eigenvalue weighted by Gasteiger charge is 2.54. The molecule has 1 aliphatic heterocycles. The summed E-state index contributed by atoms with van der Waals surface area (Å²) in [6.07, 6.45) is -1.65. The predicted octanol–water partition coefficient (Wildman–Crippen LogP) is 4.64. The number of carbonyl (C=O) groups is 2. The van der Waals surface area contributed by atoms with Crippen molar-refractivity contribution in [2.75, 3.05) is 18.0 Å². The maximum atomic E-state index is 14.4. The first kappa shape index (κ1) is 24.4. The highest BCUT2D eigenvalue weighted by Crippen LogP contribution is 2.53. The summed E-state index contributed by atoms with van der Waals surface area (Å²) in [5.74, 6) is -1.52. The summed E-state index contributed by atoms with van der Waals surface area (Å²) >= 11 is 6.32. The van der Waals surface area contributed by atoms with Crippen molar-refractivity contribution in [3.05, 3.63) is 52.9 Å². The first-order valence-corrected chi connectivity index (χ1v) is 11.7. The minimum Gasteiger partial charge on any atom is -0.490 e. The fourth-order valence-electron chi connectivity index (χ4n) is 5.10. The van der Waals surface area contributed by atoms with Crippen molar-refractivity contribution in [1.82, 2.24) is 15.5 Å². The van der Waals surface area contributed by atoms with E-state index in [4.69, 9.17) is 16.3 Å². The topological polar surface area (TPSA) is 87.3 Å². The van der Waals surface area contributed by atoms with Gasteiger partial charge in [0.2, 0.25) is 11.8 Å². The summed E-state index contributed by atoms with van der Waals surface area (Å²) in [5, 5.41) is 9.29. The lowest BCUT2D eigenvalue weighted by molar-refractivity contribution is -0.138. The molecule has 0 atom stereocenters. The Bertz CT molecular complexity index is 1330. The van der Waals surface area contributed by atoms with Gasteiger partial charge in [0, 0.05) is 10.9 Å². The third kappa shape index (κ3) is 4.36. The Balaban J connectivity index is 1.36. The number of fused-ring (bicyclic) bond motifs is 3. The number of halogens is 5. The summed E-state index contributed by atoms with van der Waals surface area (Å²) in [4.78, 5) is 26.9. The zero-order chi connectivity index (χ0) is 25.7. The number of hydrogen-bond donors (Lipinski definition) is 2. The molecule has 2 heterocycles. The number of aromatic nitrogens is 2. The molecule has 2 amide bonds. The average molecular weight is 525 g/mol. The molecule has 2 aromatic carbocycles. The number of carbonyl (C=O) groups excluding carboxylic acids is 2. The minimum atomic E-state index is -4.59. The number of nitrogens with one attached hydrogen (secondary N) is 2. The van der Waals surface area contributed by atoms with Crippen molar-refractivity contribution >= 4 is 40.0 Å². The Labute approximate surface area is 207 Å². The van der Waals surface area contributed by atoms with Gasteiger partial charge in [0.15, 0.2) is 0 Å². The molecule has 1 fully saturated rings. The number of anilines is 1. The van der Waals surface area contributed by atoms with Gasteiger partial charge in [0.1, 0.15) is 24.7 Å². The van der Waals surface area contributed by atoms with Crippen LogP contribution in [0.4, 0.5) is 23.2 Å². The van der Waals surface area contributed by atoms with Crippen LogP contribution in [0.3, 0.4) is 0 Å². The van der Waals surface area contributed by atoms with E-state index in [0.717, 1.165) is 21.9 Å². The van der Waals surface area contributed by atoms with Crippen molar-refractivity contribution in [2.24, 2.45) is 0 Å². The van der Waals surface area contributed by atoms with Crippen LogP contribution in [0.15, 0.2) is 36.5 Å². The lowest BCUT2D eigenvalue weighted by Gasteiger charge is -2.36. The highest BCUT2D eigenvalue weighted by molar-refractivity contribution is 6.33. The van der Waals surface area contributed by atoms with E-state index in [1.54, 1.807) is 11.5 Å². The lowest BCUT2D eigenvalue weighted by atomic mass is 9.69. The van der Waals surface area contributed by atoms with Crippen LogP contribution in [0.2, 0.25) is 5.02 Å². The highest BCUT2D eigenvalue weighted by atomic mass is 35.5. The molecular weight excluding hydrogens is 504 g/mol. The van der Waals surface area contributed by atoms with Gasteiger partial charge < -0.3 is 15.0 Å². The Kier molecular flexibility index (Phi) is 6.06. The Hall–Kier alpha value is -3.34. The summed E-state index contributed by atoms with van der Waals surface area (Å²) < 4.78 is 58.1. The summed E-state index contributed by atoms with van der Waals surface area (Å²) in [5.41, 5.74) is 0.191. The van der Waals surface area contributed by atoms with Crippen LogP contribution in [-0.2, 0) is 15.0 Å². The molecule has 36 heavy (non-hydrogen) atoms. The van der Waals surface area contributed by atoms with Crippen LogP contribution in [0.5, 0.6) is 5.75 Å². The van der Waals surface area contributed by atoms with Gasteiger partial charge in [-0.1, -0.05) is 11.6 Å². The lowest BCUT2D eigenvalue weighted by Crippen LogP contribution is -2.48. The molecule has 7 nitrogen and oxygen atoms in total. The monoisotopic (exact) mass is 524 g/mol. The standard InChI is InChI=1S/C24H21ClF4N4O3/c25-21-16(26)2-4-18-20(21)23(22(35)33(18)11-19(34)30-12-24(27,28)29)7-5-14(6-8-23)36-15-1-3-17-13(9-15)10-31-32-17/h1-4,9-10,14H,5-8,11-12H2,(H,30,34)(H,31,32). The van der Waals surface area contributed by atoms with Gasteiger partial charge >= 0.3 is 6.18 Å². The maximum absolute atomic E-state index is 14.4. The SMILES string of the molecule is O=C(CN1C(=O)C2(CCC(Oc3ccc4[nH]ncc4c3)CC2)c2c1ccc(F)c2Cl)NCC(F)(F)F. The number of hydrogen-bond acceptors (Lipinski definition) is 4. The molecule has 2 N–H and O–H groups in total. The van der Waals surface area contributed by atoms with E-state index in [1.807, 2.05) is 18.2 Å². The zero-order valence-corrected chi connectivity index (χ0v) is 19.5. The third-order valence-corrected chi connectivity index (χ3v) is 7.15. The molecule has 0 radical (unpaired) electrons. The molecule has 1 spiro atoms. The van der Waals surface area contributed by atoms with E-state index in [-0.39, 0.29) is 35.2 Å². The number of ether oxygens (including phenoxy) is 1. The van der Waals surface area contributed by atoms with Crippen LogP contribution < -0.4 is 15.0 Å². The van der Waals surface area contributed by atoms with Gasteiger partial charge in [0.05, 0.1) is 33.9 Å². The summed E-state index contributed by atoms with van der Waals surface area (Å²) in [6, 6.07) is 7.93. The third-order valence-electron chi connectivity index (χ3n) is 6.79. The largest absolute Gasteiger partial charge is 0.490 e. The summed E-state index contributed by atoms with van der Waals surface area (Å²) in [7, 11) is 0. The van der Waals surface area contributed by atoms with Crippen LogP contribution in [0, 0.1) is 5.82 Å². The van der Waals surface area contributed by atoms with Crippen molar-refractivity contribution in [3.8, 4) is 5.75 Å². The number of rotatable bonds is 5. The number of benzene rings is 2. The molecule has 2 aliphatic rings. The fraction of sp³-hybridized carbons (Fsp3) is 0.375. The first-order chi connectivity index (χ1) is 17.1. The first-order valence-electron chi connectivity index (χ1n) is 11.3. The molecule has 1 aliphatic carbocycles. The molecule has 3 aromatic rings. The van der Waals surface area contributed by atoms with E-state index < -0.39 is 42.3 Å². The van der Waals surface area contributed by atoms with Gasteiger partial charge in [-0.15, -0.1) is 0 Å². The molecule has 190 valence electrons. The second-order valence-corrected chi connectivity index (χ2v) is 9.44. The normalized spacial score (nSPS) is 21.8. The van der Waals surface area contributed by atoms with E-state index in [1.165, 1.54) is 6.07 Å². The quantitative estimate of drug-likeness (QED) is 0.476. The Morgan fingerprint density at radius 3 is 2.72 bits per heavy atom. The van der Waals surface area contributed by atoms with Gasteiger partial charge in [-0.3, -0.25) is 14.7 Å². The van der Waals surface area contributed by atoms with E-state index in [2.05, 4.69) is 10.2 Å². The molecule has 1 aromatic heterocycles. The van der Waals surface area contributed by atoms with Gasteiger partial charge in [-0.2, -0.15) is 18.3 Å². The predicted molar refractivity (Wildman–Crippen MR) is 123 cm³/mol. The molecule has 5 rings (SSSR count). The number of alkyl halides is 3. The van der Waals surface area contributed by atoms with Gasteiger partial charge in [-0.25, -0.2) is 4.39 Å². The van der Waals surface area contributed by atoms with Crippen molar-refractivity contribution in [3.63, 3.8) is 0 Å². The molecule has 12 heteroatoms. The zero-order valence-electron chi connectivity index (χ0n) is 18.8. The van der Waals surface area contributed by atoms with Crippen LogP contribution in [0.25, 0.3) is 10.9 Å². The number of amides is 2. The molecule has 0 saturated heterocycles. The molecular formula is C24H21ClF4N4O3. The van der Waals surface area contributed by atoms with Crippen molar-refractivity contribution < 1.29 is 31.9 Å². The van der Waals surface area contributed by atoms with E-state index >= 15 is 0 Å². The van der Waals surface area contributed by atoms with Crippen molar-refractivity contribution in [1.29, 1.82) is 0 Å². The number of nitrogens with zero attached hydrogens (tertiary/aromatic N) is 2. The molecule has 1 saturated carbocycles. The smallest absolute Gasteiger partial charge is 0.405 e. The number of H-pyrrole nitrogens is 1. The van der Waals surface area contributed by atoms with Gasteiger partial charge in [0.25, 0.3) is 0 Å². The number of aromatic amines is 1. The van der Waals surface area contributed by atoms with Crippen LogP contribution >= 0.6 is 11.6 Å². The maximum Gasteiger partial charge on any atom is 0.405 e. The Morgan fingerprint density at radius 1 is 1.25 bits per heavy atom. The summed E-state index contributed by atoms with van der Waals surface area (Å²) in [6.45, 7) is -2.14. The average Bonchev–Trinajstić information content (AvgIpc) is 3.38. The second-order valence-electron chi connectivity index (χ2n) is 9.06. The second kappa shape index (κ2) is 8.95.